The number of nitrogens with zero attached hydrogens (tertiary/aromatic N) is 1. The van der Waals surface area contributed by atoms with E-state index < -0.39 is 11.8 Å². The second-order valence-corrected chi connectivity index (χ2v) is 4.64. The molecule has 0 unspecified atom stereocenters. The maximum absolute atomic E-state index is 13.7. The van der Waals surface area contributed by atoms with Crippen molar-refractivity contribution in [2.45, 2.75) is 12.8 Å². The van der Waals surface area contributed by atoms with Gasteiger partial charge in [-0.3, -0.25) is 0 Å². The number of carboxylic acid groups (broad SMARTS) is 1. The van der Waals surface area contributed by atoms with Crippen LogP contribution in [0.4, 0.5) is 10.1 Å². The highest BCUT2D eigenvalue weighted by Crippen LogP contribution is 2.29. The highest BCUT2D eigenvalue weighted by molar-refractivity contribution is 9.10. The number of carboxylic acids is 1. The minimum atomic E-state index is -1.13. The third kappa shape index (κ3) is 2.04. The van der Waals surface area contributed by atoms with E-state index in [4.69, 9.17) is 5.11 Å². The standard InChI is InChI=1S/C11H11BrFNO2/c12-8-6-10(14-3-1-2-4-14)9(13)5-7(8)11(15)16/h5-6H,1-4H2,(H,15,16). The lowest BCUT2D eigenvalue weighted by Gasteiger charge is -2.19. The number of rotatable bonds is 2. The fourth-order valence-electron chi connectivity index (χ4n) is 1.90. The number of aromatic carboxylic acids is 1. The van der Waals surface area contributed by atoms with Gasteiger partial charge in [-0.05, 0) is 40.9 Å². The zero-order valence-corrected chi connectivity index (χ0v) is 10.1. The molecule has 0 atom stereocenters. The molecule has 0 saturated carbocycles. The Bertz CT molecular complexity index is 430. The van der Waals surface area contributed by atoms with Gasteiger partial charge in [0.25, 0.3) is 0 Å². The Morgan fingerprint density at radius 1 is 1.38 bits per heavy atom. The first-order valence-corrected chi connectivity index (χ1v) is 5.86. The van der Waals surface area contributed by atoms with Crippen LogP contribution in [0.3, 0.4) is 0 Å². The third-order valence-corrected chi connectivity index (χ3v) is 3.37. The minimum absolute atomic E-state index is 0.0413. The molecule has 1 aromatic carbocycles. The number of carbonyl (C=O) groups is 1. The molecule has 2 rings (SSSR count). The molecule has 0 radical (unpaired) electrons. The molecule has 0 amide bonds. The molecular formula is C11H11BrFNO2. The lowest BCUT2D eigenvalue weighted by atomic mass is 10.2. The van der Waals surface area contributed by atoms with E-state index >= 15 is 0 Å². The number of hydrogen-bond donors (Lipinski definition) is 1. The number of anilines is 1. The number of benzene rings is 1. The van der Waals surface area contributed by atoms with Crippen LogP contribution in [-0.2, 0) is 0 Å². The van der Waals surface area contributed by atoms with Crippen molar-refractivity contribution >= 4 is 27.6 Å². The molecule has 1 aliphatic rings. The molecule has 16 heavy (non-hydrogen) atoms. The fourth-order valence-corrected chi connectivity index (χ4v) is 2.40. The van der Waals surface area contributed by atoms with Crippen LogP contribution in [0, 0.1) is 5.82 Å². The predicted molar refractivity (Wildman–Crippen MR) is 62.5 cm³/mol. The van der Waals surface area contributed by atoms with Crippen LogP contribution >= 0.6 is 15.9 Å². The van der Waals surface area contributed by atoms with Crippen LogP contribution < -0.4 is 4.90 Å². The molecule has 1 fully saturated rings. The van der Waals surface area contributed by atoms with Gasteiger partial charge in [-0.1, -0.05) is 0 Å². The highest BCUT2D eigenvalue weighted by atomic mass is 79.9. The van der Waals surface area contributed by atoms with E-state index in [0.717, 1.165) is 32.0 Å². The van der Waals surface area contributed by atoms with E-state index in [1.165, 1.54) is 0 Å². The topological polar surface area (TPSA) is 40.5 Å². The van der Waals surface area contributed by atoms with Crippen LogP contribution in [0.1, 0.15) is 23.2 Å². The molecule has 1 N–H and O–H groups in total. The molecule has 1 saturated heterocycles. The molecule has 3 nitrogen and oxygen atoms in total. The minimum Gasteiger partial charge on any atom is -0.478 e. The average Bonchev–Trinajstić information content (AvgIpc) is 2.73. The van der Waals surface area contributed by atoms with Gasteiger partial charge in [0, 0.05) is 17.6 Å². The first-order chi connectivity index (χ1) is 7.59. The molecule has 0 aromatic heterocycles. The Morgan fingerprint density at radius 3 is 2.56 bits per heavy atom. The van der Waals surface area contributed by atoms with Crippen molar-refractivity contribution in [1.29, 1.82) is 0 Å². The molecule has 5 heteroatoms. The van der Waals surface area contributed by atoms with Gasteiger partial charge < -0.3 is 10.0 Å². The smallest absolute Gasteiger partial charge is 0.336 e. The van der Waals surface area contributed by atoms with Crippen molar-refractivity contribution in [2.75, 3.05) is 18.0 Å². The normalized spacial score (nSPS) is 15.5. The Morgan fingerprint density at radius 2 is 2.00 bits per heavy atom. The summed E-state index contributed by atoms with van der Waals surface area (Å²) in [6.45, 7) is 1.66. The zero-order chi connectivity index (χ0) is 11.7. The van der Waals surface area contributed by atoms with Crippen LogP contribution in [0.5, 0.6) is 0 Å². The maximum Gasteiger partial charge on any atom is 0.336 e. The lowest BCUT2D eigenvalue weighted by Crippen LogP contribution is -2.19. The van der Waals surface area contributed by atoms with Gasteiger partial charge in [-0.2, -0.15) is 0 Å². The monoisotopic (exact) mass is 287 g/mol. The molecule has 1 heterocycles. The van der Waals surface area contributed by atoms with Crippen LogP contribution in [0.15, 0.2) is 16.6 Å². The van der Waals surface area contributed by atoms with Crippen molar-refractivity contribution < 1.29 is 14.3 Å². The van der Waals surface area contributed by atoms with E-state index in [-0.39, 0.29) is 5.56 Å². The Balaban J connectivity index is 2.40. The van der Waals surface area contributed by atoms with Crippen LogP contribution in [0.2, 0.25) is 0 Å². The highest BCUT2D eigenvalue weighted by Gasteiger charge is 2.19. The predicted octanol–water partition coefficient (Wildman–Crippen LogP) is 2.89. The Kier molecular flexibility index (Phi) is 3.14. The van der Waals surface area contributed by atoms with Gasteiger partial charge >= 0.3 is 5.97 Å². The fraction of sp³-hybridized carbons (Fsp3) is 0.364. The summed E-state index contributed by atoms with van der Waals surface area (Å²) in [5, 5.41) is 8.84. The van der Waals surface area contributed by atoms with Crippen molar-refractivity contribution in [3.8, 4) is 0 Å². The summed E-state index contributed by atoms with van der Waals surface area (Å²) in [4.78, 5) is 12.7. The largest absolute Gasteiger partial charge is 0.478 e. The van der Waals surface area contributed by atoms with E-state index in [9.17, 15) is 9.18 Å². The van der Waals surface area contributed by atoms with Gasteiger partial charge in [-0.15, -0.1) is 0 Å². The average molecular weight is 288 g/mol. The van der Waals surface area contributed by atoms with Crippen molar-refractivity contribution in [1.82, 2.24) is 0 Å². The second kappa shape index (κ2) is 4.41. The van der Waals surface area contributed by atoms with Crippen LogP contribution in [-0.4, -0.2) is 24.2 Å². The number of hydrogen-bond acceptors (Lipinski definition) is 2. The van der Waals surface area contributed by atoms with E-state index in [2.05, 4.69) is 15.9 Å². The summed E-state index contributed by atoms with van der Waals surface area (Å²) in [5.74, 6) is -1.60. The van der Waals surface area contributed by atoms with Gasteiger partial charge in [0.2, 0.25) is 0 Å². The second-order valence-electron chi connectivity index (χ2n) is 3.78. The summed E-state index contributed by atoms with van der Waals surface area (Å²) < 4.78 is 14.1. The zero-order valence-electron chi connectivity index (χ0n) is 8.54. The van der Waals surface area contributed by atoms with E-state index in [0.29, 0.717) is 10.2 Å². The van der Waals surface area contributed by atoms with Crippen LogP contribution in [0.25, 0.3) is 0 Å². The van der Waals surface area contributed by atoms with Gasteiger partial charge in [0.1, 0.15) is 5.82 Å². The molecular weight excluding hydrogens is 277 g/mol. The molecule has 1 aliphatic heterocycles. The molecule has 0 bridgehead atoms. The molecule has 0 aliphatic carbocycles. The van der Waals surface area contributed by atoms with Gasteiger partial charge in [0.15, 0.2) is 0 Å². The third-order valence-electron chi connectivity index (χ3n) is 2.71. The summed E-state index contributed by atoms with van der Waals surface area (Å²) in [6, 6.07) is 2.62. The summed E-state index contributed by atoms with van der Waals surface area (Å²) in [7, 11) is 0. The number of halogens is 2. The summed E-state index contributed by atoms with van der Waals surface area (Å²) in [5.41, 5.74) is 0.440. The molecule has 86 valence electrons. The lowest BCUT2D eigenvalue weighted by molar-refractivity contribution is 0.0695. The van der Waals surface area contributed by atoms with Crippen molar-refractivity contribution in [2.24, 2.45) is 0 Å². The van der Waals surface area contributed by atoms with Gasteiger partial charge in [0.05, 0.1) is 11.3 Å². The Labute approximate surface area is 101 Å². The van der Waals surface area contributed by atoms with Gasteiger partial charge in [-0.25, -0.2) is 9.18 Å². The van der Waals surface area contributed by atoms with E-state index in [1.807, 2.05) is 4.90 Å². The maximum atomic E-state index is 13.7. The first kappa shape index (κ1) is 11.4. The van der Waals surface area contributed by atoms with Crippen molar-refractivity contribution in [3.05, 3.63) is 28.0 Å². The summed E-state index contributed by atoms with van der Waals surface area (Å²) >= 11 is 3.15. The first-order valence-electron chi connectivity index (χ1n) is 5.07. The summed E-state index contributed by atoms with van der Waals surface area (Å²) in [6.07, 6.45) is 2.11. The molecule has 1 aromatic rings. The SMILES string of the molecule is O=C(O)c1cc(F)c(N2CCCC2)cc1Br. The van der Waals surface area contributed by atoms with E-state index in [1.54, 1.807) is 6.07 Å². The Hall–Kier alpha value is -1.10. The van der Waals surface area contributed by atoms with Crippen molar-refractivity contribution in [3.63, 3.8) is 0 Å². The quantitative estimate of drug-likeness (QED) is 0.909. The molecule has 0 spiro atoms.